The molecule has 0 saturated heterocycles. The number of fused-ring (bicyclic) bond motifs is 1. The minimum Gasteiger partial charge on any atom is -0.492 e. The lowest BCUT2D eigenvalue weighted by atomic mass is 10.1. The van der Waals surface area contributed by atoms with Crippen molar-refractivity contribution >= 4 is 11.6 Å². The average molecular weight is 355 g/mol. The Hall–Kier alpha value is -2.69. The molecule has 5 heteroatoms. The van der Waals surface area contributed by atoms with Gasteiger partial charge in [-0.3, -0.25) is 4.79 Å². The first-order valence-electron chi connectivity index (χ1n) is 8.92. The summed E-state index contributed by atoms with van der Waals surface area (Å²) in [6, 6.07) is 9.65. The van der Waals surface area contributed by atoms with Gasteiger partial charge >= 0.3 is 0 Å². The summed E-state index contributed by atoms with van der Waals surface area (Å²) < 4.78 is 17.1. The molecule has 1 aliphatic heterocycles. The molecule has 0 bridgehead atoms. The number of amides is 1. The van der Waals surface area contributed by atoms with E-state index in [1.165, 1.54) is 0 Å². The third kappa shape index (κ3) is 4.10. The first kappa shape index (κ1) is 18.1. The van der Waals surface area contributed by atoms with Crippen LogP contribution in [0, 0.1) is 13.8 Å². The van der Waals surface area contributed by atoms with Crippen LogP contribution < -0.4 is 19.5 Å². The van der Waals surface area contributed by atoms with Crippen LogP contribution in [-0.4, -0.2) is 25.2 Å². The van der Waals surface area contributed by atoms with Crippen LogP contribution in [0.1, 0.15) is 30.5 Å². The van der Waals surface area contributed by atoms with Gasteiger partial charge in [0.2, 0.25) is 0 Å². The summed E-state index contributed by atoms with van der Waals surface area (Å²) in [5, 5.41) is 2.87. The fourth-order valence-corrected chi connectivity index (χ4v) is 3.10. The van der Waals surface area contributed by atoms with Crippen molar-refractivity contribution in [3.8, 4) is 17.2 Å². The molecule has 0 fully saturated rings. The van der Waals surface area contributed by atoms with Crippen molar-refractivity contribution in [1.29, 1.82) is 0 Å². The number of benzene rings is 2. The zero-order chi connectivity index (χ0) is 18.7. The van der Waals surface area contributed by atoms with Gasteiger partial charge in [-0.05, 0) is 45.4 Å². The molecular formula is C21H25NO4. The number of rotatable bonds is 6. The van der Waals surface area contributed by atoms with Crippen LogP contribution in [0.25, 0.3) is 0 Å². The van der Waals surface area contributed by atoms with E-state index in [0.717, 1.165) is 28.9 Å². The summed E-state index contributed by atoms with van der Waals surface area (Å²) in [5.41, 5.74) is 3.88. The van der Waals surface area contributed by atoms with Gasteiger partial charge in [0.25, 0.3) is 5.91 Å². The fourth-order valence-electron chi connectivity index (χ4n) is 3.10. The minimum absolute atomic E-state index is 0.0657. The van der Waals surface area contributed by atoms with Gasteiger partial charge in [-0.15, -0.1) is 0 Å². The van der Waals surface area contributed by atoms with Gasteiger partial charge in [-0.25, -0.2) is 0 Å². The van der Waals surface area contributed by atoms with Gasteiger partial charge in [-0.2, -0.15) is 0 Å². The highest BCUT2D eigenvalue weighted by atomic mass is 16.5. The second-order valence-corrected chi connectivity index (χ2v) is 6.63. The molecule has 1 amide bonds. The molecule has 1 aliphatic rings. The fraction of sp³-hybridized carbons (Fsp3) is 0.381. The molecule has 5 nitrogen and oxygen atoms in total. The Morgan fingerprint density at radius 3 is 2.73 bits per heavy atom. The quantitative estimate of drug-likeness (QED) is 0.849. The molecule has 0 saturated carbocycles. The van der Waals surface area contributed by atoms with Crippen molar-refractivity contribution < 1.29 is 19.0 Å². The maximum atomic E-state index is 12.4. The largest absolute Gasteiger partial charge is 0.492 e. The third-order valence-electron chi connectivity index (χ3n) is 4.26. The van der Waals surface area contributed by atoms with Crippen molar-refractivity contribution in [2.24, 2.45) is 0 Å². The van der Waals surface area contributed by atoms with Gasteiger partial charge in [0.05, 0.1) is 12.3 Å². The Bertz CT molecular complexity index is 816. The van der Waals surface area contributed by atoms with Gasteiger partial charge < -0.3 is 19.5 Å². The number of anilines is 1. The average Bonchev–Trinajstić information content (AvgIpc) is 2.93. The van der Waals surface area contributed by atoms with Crippen LogP contribution >= 0.6 is 0 Å². The van der Waals surface area contributed by atoms with Gasteiger partial charge in [-0.1, -0.05) is 17.7 Å². The Kier molecular flexibility index (Phi) is 5.35. The van der Waals surface area contributed by atoms with E-state index in [1.807, 2.05) is 58.0 Å². The maximum absolute atomic E-state index is 12.4. The Labute approximate surface area is 154 Å². The van der Waals surface area contributed by atoms with E-state index in [-0.39, 0.29) is 18.6 Å². The molecule has 1 unspecified atom stereocenters. The highest BCUT2D eigenvalue weighted by Gasteiger charge is 2.22. The lowest BCUT2D eigenvalue weighted by molar-refractivity contribution is -0.118. The lowest BCUT2D eigenvalue weighted by Crippen LogP contribution is -2.21. The molecule has 1 heterocycles. The van der Waals surface area contributed by atoms with Crippen LogP contribution in [-0.2, 0) is 11.2 Å². The number of nitrogens with one attached hydrogen (secondary N) is 1. The summed E-state index contributed by atoms with van der Waals surface area (Å²) in [7, 11) is 0. The number of aryl methyl sites for hydroxylation is 2. The number of ether oxygens (including phenoxy) is 3. The Morgan fingerprint density at radius 1 is 1.19 bits per heavy atom. The first-order valence-corrected chi connectivity index (χ1v) is 8.92. The Balaban J connectivity index is 1.69. The summed E-state index contributed by atoms with van der Waals surface area (Å²) in [5.74, 6) is 1.93. The van der Waals surface area contributed by atoms with E-state index in [2.05, 4.69) is 5.32 Å². The first-order chi connectivity index (χ1) is 12.5. The van der Waals surface area contributed by atoms with E-state index in [9.17, 15) is 4.79 Å². The van der Waals surface area contributed by atoms with E-state index in [4.69, 9.17) is 14.2 Å². The predicted octanol–water partition coefficient (Wildman–Crippen LogP) is 4.04. The standard InChI is InChI=1S/C21H25NO4/c1-5-24-20-10-16-9-15(4)26-19(16)11-17(20)22-21(23)12-25-18-7-6-13(2)8-14(18)3/h6-8,10-11,15H,5,9,12H2,1-4H3,(H,22,23). The molecule has 26 heavy (non-hydrogen) atoms. The number of hydrogen-bond acceptors (Lipinski definition) is 4. The SMILES string of the molecule is CCOc1cc2c(cc1NC(=O)COc1ccc(C)cc1C)OC(C)C2. The Morgan fingerprint density at radius 2 is 2.00 bits per heavy atom. The molecule has 138 valence electrons. The summed E-state index contributed by atoms with van der Waals surface area (Å²) in [4.78, 5) is 12.4. The van der Waals surface area contributed by atoms with Crippen LogP contribution in [0.2, 0.25) is 0 Å². The summed E-state index contributed by atoms with van der Waals surface area (Å²) in [6.45, 7) is 8.39. The van der Waals surface area contributed by atoms with Gasteiger partial charge in [0, 0.05) is 18.1 Å². The van der Waals surface area contributed by atoms with Crippen molar-refractivity contribution in [3.05, 3.63) is 47.0 Å². The molecule has 1 atom stereocenters. The highest BCUT2D eigenvalue weighted by molar-refractivity contribution is 5.93. The zero-order valence-electron chi connectivity index (χ0n) is 15.7. The molecular weight excluding hydrogens is 330 g/mol. The van der Waals surface area contributed by atoms with Gasteiger partial charge in [0.1, 0.15) is 23.4 Å². The number of carbonyl (C=O) groups is 1. The molecule has 0 spiro atoms. The minimum atomic E-state index is -0.239. The highest BCUT2D eigenvalue weighted by Crippen LogP contribution is 2.38. The predicted molar refractivity (Wildman–Crippen MR) is 101 cm³/mol. The van der Waals surface area contributed by atoms with Crippen LogP contribution in [0.15, 0.2) is 30.3 Å². The molecule has 0 aliphatic carbocycles. The monoisotopic (exact) mass is 355 g/mol. The van der Waals surface area contributed by atoms with Gasteiger partial charge in [0.15, 0.2) is 6.61 Å². The molecule has 0 aromatic heterocycles. The second kappa shape index (κ2) is 7.68. The van der Waals surface area contributed by atoms with Crippen molar-refractivity contribution in [3.63, 3.8) is 0 Å². The lowest BCUT2D eigenvalue weighted by Gasteiger charge is -2.14. The van der Waals surface area contributed by atoms with Crippen LogP contribution in [0.3, 0.4) is 0 Å². The van der Waals surface area contributed by atoms with Crippen molar-refractivity contribution in [2.75, 3.05) is 18.5 Å². The second-order valence-electron chi connectivity index (χ2n) is 6.63. The van der Waals surface area contributed by atoms with Crippen molar-refractivity contribution in [2.45, 2.75) is 40.2 Å². The summed E-state index contributed by atoms with van der Waals surface area (Å²) in [6.07, 6.45) is 0.984. The molecule has 2 aromatic carbocycles. The van der Waals surface area contributed by atoms with E-state index >= 15 is 0 Å². The summed E-state index contributed by atoms with van der Waals surface area (Å²) >= 11 is 0. The van der Waals surface area contributed by atoms with E-state index < -0.39 is 0 Å². The van der Waals surface area contributed by atoms with Crippen LogP contribution in [0.4, 0.5) is 5.69 Å². The number of hydrogen-bond donors (Lipinski definition) is 1. The molecule has 1 N–H and O–H groups in total. The third-order valence-corrected chi connectivity index (χ3v) is 4.26. The zero-order valence-corrected chi connectivity index (χ0v) is 15.7. The smallest absolute Gasteiger partial charge is 0.262 e. The van der Waals surface area contributed by atoms with Crippen LogP contribution in [0.5, 0.6) is 17.2 Å². The van der Waals surface area contributed by atoms with E-state index in [0.29, 0.717) is 23.8 Å². The normalized spacial score (nSPS) is 15.2. The van der Waals surface area contributed by atoms with E-state index in [1.54, 1.807) is 0 Å². The molecule has 0 radical (unpaired) electrons. The topological polar surface area (TPSA) is 56.8 Å². The molecule has 3 rings (SSSR count). The number of carbonyl (C=O) groups excluding carboxylic acids is 1. The van der Waals surface area contributed by atoms with Crippen molar-refractivity contribution in [1.82, 2.24) is 0 Å². The maximum Gasteiger partial charge on any atom is 0.262 e. The molecule has 2 aromatic rings.